The van der Waals surface area contributed by atoms with E-state index in [0.717, 1.165) is 13.1 Å². The van der Waals surface area contributed by atoms with E-state index in [-0.39, 0.29) is 5.92 Å². The van der Waals surface area contributed by atoms with Crippen LogP contribution in [0.15, 0.2) is 11.6 Å². The third-order valence-corrected chi connectivity index (χ3v) is 3.01. The molecule has 2 nitrogen and oxygen atoms in total. The van der Waals surface area contributed by atoms with Gasteiger partial charge in [0.2, 0.25) is 0 Å². The van der Waals surface area contributed by atoms with Crippen molar-refractivity contribution in [3.05, 3.63) is 11.6 Å². The van der Waals surface area contributed by atoms with Gasteiger partial charge in [-0.25, -0.2) is 0 Å². The van der Waals surface area contributed by atoms with Gasteiger partial charge < -0.3 is 4.90 Å². The molecule has 0 aliphatic heterocycles. The fourth-order valence-electron chi connectivity index (χ4n) is 2.07. The van der Waals surface area contributed by atoms with Gasteiger partial charge in [-0.2, -0.15) is 5.26 Å². The Kier molecular flexibility index (Phi) is 5.42. The Hall–Kier alpha value is -0.810. The minimum atomic E-state index is 0.148. The molecule has 0 aromatic carbocycles. The first kappa shape index (κ1) is 12.3. The molecule has 0 aromatic heterocycles. The second-order valence-electron chi connectivity index (χ2n) is 4.65. The minimum absolute atomic E-state index is 0.148. The highest BCUT2D eigenvalue weighted by Crippen LogP contribution is 2.20. The molecule has 0 fully saturated rings. The molecule has 1 atom stereocenters. The molecule has 1 unspecified atom stereocenters. The van der Waals surface area contributed by atoms with Crippen LogP contribution >= 0.6 is 0 Å². The number of rotatable bonds is 5. The average molecular weight is 206 g/mol. The molecule has 15 heavy (non-hydrogen) atoms. The molecular weight excluding hydrogens is 184 g/mol. The van der Waals surface area contributed by atoms with Crippen molar-refractivity contribution in [3.8, 4) is 6.07 Å². The summed E-state index contributed by atoms with van der Waals surface area (Å²) in [4.78, 5) is 2.27. The first-order valence-electron chi connectivity index (χ1n) is 5.98. The third-order valence-electron chi connectivity index (χ3n) is 3.01. The molecule has 2 heteroatoms. The lowest BCUT2D eigenvalue weighted by molar-refractivity contribution is 0.312. The van der Waals surface area contributed by atoms with Crippen LogP contribution in [0.1, 0.15) is 39.0 Å². The zero-order chi connectivity index (χ0) is 11.1. The summed E-state index contributed by atoms with van der Waals surface area (Å²) < 4.78 is 0. The highest BCUT2D eigenvalue weighted by Gasteiger charge is 2.07. The summed E-state index contributed by atoms with van der Waals surface area (Å²) in [5, 5.41) is 8.71. The van der Waals surface area contributed by atoms with E-state index in [1.165, 1.54) is 32.1 Å². The van der Waals surface area contributed by atoms with E-state index in [0.29, 0.717) is 0 Å². The Bertz CT molecular complexity index is 250. The molecule has 84 valence electrons. The summed E-state index contributed by atoms with van der Waals surface area (Å²) in [5.41, 5.74) is 1.62. The second kappa shape index (κ2) is 6.63. The van der Waals surface area contributed by atoms with Gasteiger partial charge in [0.15, 0.2) is 0 Å². The van der Waals surface area contributed by atoms with Gasteiger partial charge in [0.25, 0.3) is 0 Å². The van der Waals surface area contributed by atoms with Crippen LogP contribution in [0.5, 0.6) is 0 Å². The van der Waals surface area contributed by atoms with Crippen LogP contribution in [-0.2, 0) is 0 Å². The molecule has 0 N–H and O–H groups in total. The predicted molar refractivity (Wildman–Crippen MR) is 63.4 cm³/mol. The maximum Gasteiger partial charge on any atom is 0.0666 e. The minimum Gasteiger partial charge on any atom is -0.305 e. The number of nitriles is 1. The van der Waals surface area contributed by atoms with E-state index < -0.39 is 0 Å². The molecule has 0 aromatic rings. The lowest BCUT2D eigenvalue weighted by atomic mass is 9.97. The molecule has 0 amide bonds. The first-order chi connectivity index (χ1) is 7.22. The quantitative estimate of drug-likeness (QED) is 0.647. The van der Waals surface area contributed by atoms with E-state index in [4.69, 9.17) is 5.26 Å². The number of hydrogen-bond acceptors (Lipinski definition) is 2. The van der Waals surface area contributed by atoms with Crippen LogP contribution in [0.2, 0.25) is 0 Å². The normalized spacial score (nSPS) is 18.4. The maximum absolute atomic E-state index is 8.71. The van der Waals surface area contributed by atoms with Crippen LogP contribution in [0, 0.1) is 17.2 Å². The van der Waals surface area contributed by atoms with Crippen LogP contribution < -0.4 is 0 Å². The Labute approximate surface area is 93.6 Å². The Balaban J connectivity index is 2.19. The summed E-state index contributed by atoms with van der Waals surface area (Å²) in [5.74, 6) is 0.148. The molecule has 1 rings (SSSR count). The Morgan fingerprint density at radius 3 is 2.93 bits per heavy atom. The van der Waals surface area contributed by atoms with E-state index in [2.05, 4.69) is 24.1 Å². The Morgan fingerprint density at radius 2 is 2.33 bits per heavy atom. The van der Waals surface area contributed by atoms with Gasteiger partial charge in [0, 0.05) is 13.1 Å². The van der Waals surface area contributed by atoms with E-state index in [9.17, 15) is 0 Å². The van der Waals surface area contributed by atoms with Gasteiger partial charge in [-0.15, -0.1) is 0 Å². The van der Waals surface area contributed by atoms with Crippen molar-refractivity contribution in [2.75, 3.05) is 20.1 Å². The van der Waals surface area contributed by atoms with Crippen molar-refractivity contribution in [2.24, 2.45) is 5.92 Å². The van der Waals surface area contributed by atoms with Crippen molar-refractivity contribution in [1.82, 2.24) is 4.90 Å². The molecule has 1 aliphatic carbocycles. The van der Waals surface area contributed by atoms with Crippen LogP contribution in [0.3, 0.4) is 0 Å². The zero-order valence-electron chi connectivity index (χ0n) is 10.00. The number of hydrogen-bond donors (Lipinski definition) is 0. The van der Waals surface area contributed by atoms with Gasteiger partial charge in [-0.1, -0.05) is 11.6 Å². The summed E-state index contributed by atoms with van der Waals surface area (Å²) in [6, 6.07) is 2.28. The molecule has 1 aliphatic rings. The predicted octanol–water partition coefficient (Wildman–Crippen LogP) is 2.97. The van der Waals surface area contributed by atoms with Crippen molar-refractivity contribution in [3.63, 3.8) is 0 Å². The molecule has 0 saturated carbocycles. The summed E-state index contributed by atoms with van der Waals surface area (Å²) in [7, 11) is 2.11. The highest BCUT2D eigenvalue weighted by atomic mass is 15.1. The average Bonchev–Trinajstić information content (AvgIpc) is 2.27. The van der Waals surface area contributed by atoms with Gasteiger partial charge in [-0.3, -0.25) is 0 Å². The topological polar surface area (TPSA) is 27.0 Å². The van der Waals surface area contributed by atoms with Gasteiger partial charge in [0.1, 0.15) is 0 Å². The SMILES string of the molecule is CC(C#N)CN(C)CCC1=CCCCC1. The summed E-state index contributed by atoms with van der Waals surface area (Å²) >= 11 is 0. The lowest BCUT2D eigenvalue weighted by Crippen LogP contribution is -2.25. The van der Waals surface area contributed by atoms with Gasteiger partial charge >= 0.3 is 0 Å². The Morgan fingerprint density at radius 1 is 1.53 bits per heavy atom. The van der Waals surface area contributed by atoms with Crippen molar-refractivity contribution >= 4 is 0 Å². The summed E-state index contributed by atoms with van der Waals surface area (Å²) in [6.45, 7) is 3.97. The fourth-order valence-corrected chi connectivity index (χ4v) is 2.07. The van der Waals surface area contributed by atoms with Crippen molar-refractivity contribution < 1.29 is 0 Å². The van der Waals surface area contributed by atoms with Gasteiger partial charge in [-0.05, 0) is 46.1 Å². The second-order valence-corrected chi connectivity index (χ2v) is 4.65. The lowest BCUT2D eigenvalue weighted by Gasteiger charge is -2.20. The van der Waals surface area contributed by atoms with Crippen molar-refractivity contribution in [1.29, 1.82) is 5.26 Å². The zero-order valence-corrected chi connectivity index (χ0v) is 10.00. The van der Waals surface area contributed by atoms with E-state index >= 15 is 0 Å². The fraction of sp³-hybridized carbons (Fsp3) is 0.769. The molecule has 0 saturated heterocycles. The van der Waals surface area contributed by atoms with Crippen LogP contribution in [0.4, 0.5) is 0 Å². The van der Waals surface area contributed by atoms with Crippen molar-refractivity contribution in [2.45, 2.75) is 39.0 Å². The summed E-state index contributed by atoms with van der Waals surface area (Å²) in [6.07, 6.45) is 8.89. The highest BCUT2D eigenvalue weighted by molar-refractivity contribution is 5.05. The van der Waals surface area contributed by atoms with Crippen LogP contribution in [0.25, 0.3) is 0 Å². The molecule has 0 bridgehead atoms. The van der Waals surface area contributed by atoms with Crippen LogP contribution in [-0.4, -0.2) is 25.0 Å². The smallest absolute Gasteiger partial charge is 0.0666 e. The monoisotopic (exact) mass is 206 g/mol. The standard InChI is InChI=1S/C13H22N2/c1-12(10-14)11-15(2)9-8-13-6-4-3-5-7-13/h6,12H,3-5,7-9,11H2,1-2H3. The molecule has 0 spiro atoms. The van der Waals surface area contributed by atoms with E-state index in [1.54, 1.807) is 5.57 Å². The van der Waals surface area contributed by atoms with Gasteiger partial charge in [0.05, 0.1) is 12.0 Å². The third kappa shape index (κ3) is 4.99. The molecule has 0 radical (unpaired) electrons. The van der Waals surface area contributed by atoms with E-state index in [1.807, 2.05) is 6.92 Å². The number of nitrogens with zero attached hydrogens (tertiary/aromatic N) is 2. The molecule has 0 heterocycles. The first-order valence-corrected chi connectivity index (χ1v) is 5.98. The maximum atomic E-state index is 8.71. The molecular formula is C13H22N2. The largest absolute Gasteiger partial charge is 0.305 e. The number of allylic oxidation sites excluding steroid dienone is 1.